The lowest BCUT2D eigenvalue weighted by Crippen LogP contribution is -2.14. The van der Waals surface area contributed by atoms with Crippen molar-refractivity contribution in [3.8, 4) is 11.5 Å². The predicted octanol–water partition coefficient (Wildman–Crippen LogP) is 3.20. The number of ether oxygens (including phenoxy) is 4. The SMILES string of the molecule is COCCCn1c(C)cc(C(=O)COc2ccc(C(=O)OC)cc2OC)c1C. The summed E-state index contributed by atoms with van der Waals surface area (Å²) >= 11 is 0. The van der Waals surface area contributed by atoms with Gasteiger partial charge in [-0.2, -0.15) is 0 Å². The maximum absolute atomic E-state index is 12.7. The molecule has 0 atom stereocenters. The number of carbonyl (C=O) groups is 2. The molecule has 1 heterocycles. The van der Waals surface area contributed by atoms with Gasteiger partial charge in [0.15, 0.2) is 18.1 Å². The molecular formula is C21H27NO6. The van der Waals surface area contributed by atoms with Crippen LogP contribution in [0.5, 0.6) is 11.5 Å². The van der Waals surface area contributed by atoms with Crippen LogP contribution < -0.4 is 9.47 Å². The minimum Gasteiger partial charge on any atom is -0.493 e. The van der Waals surface area contributed by atoms with Crippen molar-refractivity contribution in [2.75, 3.05) is 34.5 Å². The second-order valence-electron chi connectivity index (χ2n) is 6.35. The summed E-state index contributed by atoms with van der Waals surface area (Å²) in [4.78, 5) is 24.3. The fourth-order valence-electron chi connectivity index (χ4n) is 3.05. The van der Waals surface area contributed by atoms with Crippen LogP contribution in [0.15, 0.2) is 24.3 Å². The van der Waals surface area contributed by atoms with Gasteiger partial charge in [-0.05, 0) is 44.5 Å². The molecule has 1 aromatic carbocycles. The third kappa shape index (κ3) is 4.92. The van der Waals surface area contributed by atoms with E-state index < -0.39 is 5.97 Å². The van der Waals surface area contributed by atoms with Gasteiger partial charge in [0.05, 0.1) is 19.8 Å². The van der Waals surface area contributed by atoms with Gasteiger partial charge in [-0.15, -0.1) is 0 Å². The zero-order chi connectivity index (χ0) is 20.7. The van der Waals surface area contributed by atoms with Crippen LogP contribution in [0.2, 0.25) is 0 Å². The molecule has 1 aromatic heterocycles. The highest BCUT2D eigenvalue weighted by molar-refractivity contribution is 5.98. The van der Waals surface area contributed by atoms with Crippen molar-refractivity contribution in [2.45, 2.75) is 26.8 Å². The Labute approximate surface area is 165 Å². The summed E-state index contributed by atoms with van der Waals surface area (Å²) in [6.07, 6.45) is 0.876. The molecule has 0 unspecified atom stereocenters. The minimum absolute atomic E-state index is 0.120. The lowest BCUT2D eigenvalue weighted by atomic mass is 10.1. The number of nitrogens with zero attached hydrogens (tertiary/aromatic N) is 1. The lowest BCUT2D eigenvalue weighted by molar-refractivity contribution is 0.0600. The van der Waals surface area contributed by atoms with E-state index in [9.17, 15) is 9.59 Å². The van der Waals surface area contributed by atoms with E-state index in [0.29, 0.717) is 29.2 Å². The number of aryl methyl sites for hydroxylation is 1. The lowest BCUT2D eigenvalue weighted by Gasteiger charge is -2.12. The Morgan fingerprint density at radius 1 is 1.04 bits per heavy atom. The van der Waals surface area contributed by atoms with Gasteiger partial charge in [-0.25, -0.2) is 4.79 Å². The van der Waals surface area contributed by atoms with Crippen LogP contribution in [0.25, 0.3) is 0 Å². The maximum Gasteiger partial charge on any atom is 0.337 e. The number of aromatic nitrogens is 1. The zero-order valence-corrected chi connectivity index (χ0v) is 17.0. The Kier molecular flexibility index (Phi) is 7.63. The van der Waals surface area contributed by atoms with Crippen LogP contribution in [-0.4, -0.2) is 50.9 Å². The molecule has 0 spiro atoms. The highest BCUT2D eigenvalue weighted by atomic mass is 16.5. The van der Waals surface area contributed by atoms with Gasteiger partial charge in [0, 0.05) is 37.2 Å². The predicted molar refractivity (Wildman–Crippen MR) is 105 cm³/mol. The first-order valence-corrected chi connectivity index (χ1v) is 9.01. The molecule has 0 aliphatic carbocycles. The van der Waals surface area contributed by atoms with E-state index in [1.54, 1.807) is 19.2 Å². The van der Waals surface area contributed by atoms with Crippen LogP contribution in [0.1, 0.15) is 38.5 Å². The molecule has 28 heavy (non-hydrogen) atoms. The molecule has 2 rings (SSSR count). The van der Waals surface area contributed by atoms with E-state index in [2.05, 4.69) is 4.57 Å². The first kappa shape index (κ1) is 21.5. The van der Waals surface area contributed by atoms with E-state index in [1.165, 1.54) is 20.3 Å². The molecule has 0 fully saturated rings. The Morgan fingerprint density at radius 3 is 2.43 bits per heavy atom. The second-order valence-corrected chi connectivity index (χ2v) is 6.35. The van der Waals surface area contributed by atoms with Crippen molar-refractivity contribution in [2.24, 2.45) is 0 Å². The number of esters is 1. The number of ketones is 1. The number of carbonyl (C=O) groups excluding carboxylic acids is 2. The van der Waals surface area contributed by atoms with Crippen molar-refractivity contribution >= 4 is 11.8 Å². The molecule has 7 nitrogen and oxygen atoms in total. The van der Waals surface area contributed by atoms with Crippen LogP contribution in [-0.2, 0) is 16.0 Å². The molecule has 0 saturated heterocycles. The Morgan fingerprint density at radius 2 is 1.79 bits per heavy atom. The third-order valence-corrected chi connectivity index (χ3v) is 4.55. The smallest absolute Gasteiger partial charge is 0.337 e. The topological polar surface area (TPSA) is 76.0 Å². The Bertz CT molecular complexity index is 840. The fraction of sp³-hybridized carbons (Fsp3) is 0.429. The van der Waals surface area contributed by atoms with Crippen LogP contribution in [0.4, 0.5) is 0 Å². The van der Waals surface area contributed by atoms with Crippen LogP contribution >= 0.6 is 0 Å². The van der Waals surface area contributed by atoms with Crippen LogP contribution in [0.3, 0.4) is 0 Å². The van der Waals surface area contributed by atoms with E-state index in [1.807, 2.05) is 19.9 Å². The van der Waals surface area contributed by atoms with E-state index in [-0.39, 0.29) is 12.4 Å². The van der Waals surface area contributed by atoms with Gasteiger partial charge in [0.2, 0.25) is 5.78 Å². The van der Waals surface area contributed by atoms with E-state index in [4.69, 9.17) is 18.9 Å². The summed E-state index contributed by atoms with van der Waals surface area (Å²) in [5.41, 5.74) is 2.92. The Balaban J connectivity index is 2.10. The van der Waals surface area contributed by atoms with E-state index in [0.717, 1.165) is 24.4 Å². The Hall–Kier alpha value is -2.80. The average molecular weight is 389 g/mol. The number of rotatable bonds is 10. The van der Waals surface area contributed by atoms with Gasteiger partial charge in [0.1, 0.15) is 0 Å². The van der Waals surface area contributed by atoms with Crippen molar-refractivity contribution < 1.29 is 28.5 Å². The van der Waals surface area contributed by atoms with Gasteiger partial charge in [-0.3, -0.25) is 4.79 Å². The molecule has 0 saturated carbocycles. The van der Waals surface area contributed by atoms with Gasteiger partial charge in [-0.1, -0.05) is 0 Å². The molecule has 2 aromatic rings. The van der Waals surface area contributed by atoms with Gasteiger partial charge < -0.3 is 23.5 Å². The summed E-state index contributed by atoms with van der Waals surface area (Å²) in [7, 11) is 4.45. The zero-order valence-electron chi connectivity index (χ0n) is 17.0. The van der Waals surface area contributed by atoms with Crippen molar-refractivity contribution in [1.82, 2.24) is 4.57 Å². The van der Waals surface area contributed by atoms with Crippen molar-refractivity contribution in [1.29, 1.82) is 0 Å². The van der Waals surface area contributed by atoms with Crippen molar-refractivity contribution in [3.63, 3.8) is 0 Å². The molecule has 0 aliphatic heterocycles. The van der Waals surface area contributed by atoms with Gasteiger partial charge in [0.25, 0.3) is 0 Å². The quantitative estimate of drug-likeness (QED) is 0.353. The highest BCUT2D eigenvalue weighted by Crippen LogP contribution is 2.28. The fourth-order valence-corrected chi connectivity index (χ4v) is 3.05. The molecule has 0 N–H and O–H groups in total. The third-order valence-electron chi connectivity index (χ3n) is 4.55. The molecule has 0 bridgehead atoms. The molecule has 0 aliphatic rings. The molecule has 152 valence electrons. The summed E-state index contributed by atoms with van der Waals surface area (Å²) < 4.78 is 22.8. The number of hydrogen-bond acceptors (Lipinski definition) is 6. The van der Waals surface area contributed by atoms with Crippen LogP contribution in [0, 0.1) is 13.8 Å². The first-order chi connectivity index (χ1) is 13.4. The summed E-state index contributed by atoms with van der Waals surface area (Å²) in [6, 6.07) is 6.56. The summed E-state index contributed by atoms with van der Waals surface area (Å²) in [6.45, 7) is 5.24. The number of hydrogen-bond donors (Lipinski definition) is 0. The molecule has 0 amide bonds. The second kappa shape index (κ2) is 9.94. The normalized spacial score (nSPS) is 10.6. The standard InChI is InChI=1S/C21H27NO6/c1-14-11-17(15(2)22(14)9-6-10-25-3)18(23)13-28-19-8-7-16(21(24)27-5)12-20(19)26-4/h7-8,11-12H,6,9-10,13H2,1-5H3. The van der Waals surface area contributed by atoms with E-state index >= 15 is 0 Å². The monoisotopic (exact) mass is 389 g/mol. The molecule has 0 radical (unpaired) electrons. The van der Waals surface area contributed by atoms with Crippen molar-refractivity contribution in [3.05, 3.63) is 46.8 Å². The summed E-state index contributed by atoms with van der Waals surface area (Å²) in [5, 5.41) is 0. The van der Waals surface area contributed by atoms with Gasteiger partial charge >= 0.3 is 5.97 Å². The number of methoxy groups -OCH3 is 3. The highest BCUT2D eigenvalue weighted by Gasteiger charge is 2.18. The summed E-state index contributed by atoms with van der Waals surface area (Å²) in [5.74, 6) is 0.158. The minimum atomic E-state index is -0.471. The number of Topliss-reactive ketones (excluding diaryl/α,β-unsaturated/α-hetero) is 1. The maximum atomic E-state index is 12.7. The largest absolute Gasteiger partial charge is 0.493 e. The molecular weight excluding hydrogens is 362 g/mol. The molecule has 7 heteroatoms. The first-order valence-electron chi connectivity index (χ1n) is 9.01. The number of benzene rings is 1. The average Bonchev–Trinajstić information content (AvgIpc) is 2.99.